The van der Waals surface area contributed by atoms with E-state index in [2.05, 4.69) is 9.97 Å². The van der Waals surface area contributed by atoms with E-state index >= 15 is 0 Å². The van der Waals surface area contributed by atoms with Gasteiger partial charge in [-0.25, -0.2) is 14.4 Å². The number of nitrogens with zero attached hydrogens (tertiary/aromatic N) is 2. The topological polar surface area (TPSA) is 52.1 Å². The lowest BCUT2D eigenvalue weighted by Gasteiger charge is -2.28. The average molecular weight is 299 g/mol. The molecule has 0 amide bonds. The summed E-state index contributed by atoms with van der Waals surface area (Å²) in [6.45, 7) is 0. The van der Waals surface area contributed by atoms with Crippen molar-refractivity contribution in [2.75, 3.05) is 7.11 Å². The van der Waals surface area contributed by atoms with Crippen LogP contribution in [0.5, 0.6) is 0 Å². The van der Waals surface area contributed by atoms with E-state index in [1.54, 1.807) is 0 Å². The van der Waals surface area contributed by atoms with Gasteiger partial charge < -0.3 is 4.74 Å². The molecular weight excluding hydrogens is 283 g/mol. The largest absolute Gasteiger partial charge is 0.469 e. The standard InChI is InChI=1S/C14H16ClFN2O2/c1-20-13(19)12-8-3-2-7(4-8)9(12)5-11-10(16)6-17-14(15)18-11/h6-9,12H,2-5H2,1H3/t7-,8+,9-,12-/m0/s1. The zero-order chi connectivity index (χ0) is 14.3. The summed E-state index contributed by atoms with van der Waals surface area (Å²) in [4.78, 5) is 19.6. The summed E-state index contributed by atoms with van der Waals surface area (Å²) in [6.07, 6.45) is 4.71. The Morgan fingerprint density at radius 3 is 3.00 bits per heavy atom. The van der Waals surface area contributed by atoms with E-state index in [4.69, 9.17) is 16.3 Å². The number of hydrogen-bond acceptors (Lipinski definition) is 4. The van der Waals surface area contributed by atoms with Crippen LogP contribution >= 0.6 is 11.6 Å². The number of ether oxygens (including phenoxy) is 1. The summed E-state index contributed by atoms with van der Waals surface area (Å²) in [5.74, 6) is 0.159. The molecule has 3 rings (SSSR count). The average Bonchev–Trinajstić information content (AvgIpc) is 3.03. The van der Waals surface area contributed by atoms with E-state index in [9.17, 15) is 9.18 Å². The third kappa shape index (κ3) is 2.28. The molecule has 0 spiro atoms. The maximum Gasteiger partial charge on any atom is 0.309 e. The first-order valence-corrected chi connectivity index (χ1v) is 7.22. The second kappa shape index (κ2) is 5.28. The summed E-state index contributed by atoms with van der Waals surface area (Å²) in [5.41, 5.74) is 0.302. The molecule has 0 N–H and O–H groups in total. The van der Waals surface area contributed by atoms with E-state index < -0.39 is 5.82 Å². The Labute approximate surface area is 121 Å². The molecule has 2 aliphatic carbocycles. The third-order valence-electron chi connectivity index (χ3n) is 4.78. The predicted molar refractivity (Wildman–Crippen MR) is 70.5 cm³/mol. The van der Waals surface area contributed by atoms with E-state index in [0.717, 1.165) is 25.5 Å². The Morgan fingerprint density at radius 1 is 1.50 bits per heavy atom. The Bertz CT molecular complexity index is 540. The van der Waals surface area contributed by atoms with Crippen LogP contribution in [0, 0.1) is 29.5 Å². The predicted octanol–water partition coefficient (Wildman–Crippen LogP) is 2.65. The van der Waals surface area contributed by atoms with Crippen molar-refractivity contribution in [1.29, 1.82) is 0 Å². The normalized spacial score (nSPS) is 31.6. The Hall–Kier alpha value is -1.23. The first-order valence-electron chi connectivity index (χ1n) is 6.85. The number of aromatic nitrogens is 2. The third-order valence-corrected chi connectivity index (χ3v) is 4.96. The zero-order valence-corrected chi connectivity index (χ0v) is 11.9. The van der Waals surface area contributed by atoms with Crippen LogP contribution in [0.2, 0.25) is 5.28 Å². The number of rotatable bonds is 3. The number of fused-ring (bicyclic) bond motifs is 2. The highest BCUT2D eigenvalue weighted by Gasteiger charge is 2.51. The minimum atomic E-state index is -0.458. The lowest BCUT2D eigenvalue weighted by atomic mass is 9.77. The highest BCUT2D eigenvalue weighted by atomic mass is 35.5. The van der Waals surface area contributed by atoms with Crippen LogP contribution in [0.15, 0.2) is 6.20 Å². The highest BCUT2D eigenvalue weighted by Crippen LogP contribution is 2.53. The van der Waals surface area contributed by atoms with Gasteiger partial charge in [0.25, 0.3) is 0 Å². The van der Waals surface area contributed by atoms with Crippen molar-refractivity contribution < 1.29 is 13.9 Å². The number of methoxy groups -OCH3 is 1. The summed E-state index contributed by atoms with van der Waals surface area (Å²) in [7, 11) is 1.41. The number of carbonyl (C=O) groups excluding carboxylic acids is 1. The maximum absolute atomic E-state index is 13.8. The monoisotopic (exact) mass is 298 g/mol. The second-order valence-corrected chi connectivity index (χ2v) is 6.02. The molecule has 0 aromatic carbocycles. The van der Waals surface area contributed by atoms with Crippen molar-refractivity contribution in [3.05, 3.63) is 23.0 Å². The lowest BCUT2D eigenvalue weighted by molar-refractivity contribution is -0.149. The fourth-order valence-corrected chi connectivity index (χ4v) is 4.10. The van der Waals surface area contributed by atoms with E-state index in [1.165, 1.54) is 7.11 Å². The van der Waals surface area contributed by atoms with Gasteiger partial charge in [-0.15, -0.1) is 0 Å². The minimum Gasteiger partial charge on any atom is -0.469 e. The lowest BCUT2D eigenvalue weighted by Crippen LogP contribution is -2.32. The van der Waals surface area contributed by atoms with Crippen molar-refractivity contribution in [1.82, 2.24) is 9.97 Å². The number of carbonyl (C=O) groups is 1. The van der Waals surface area contributed by atoms with E-state index in [1.807, 2.05) is 0 Å². The van der Waals surface area contributed by atoms with Gasteiger partial charge in [-0.2, -0.15) is 0 Å². The van der Waals surface area contributed by atoms with Gasteiger partial charge in [0, 0.05) is 0 Å². The quantitative estimate of drug-likeness (QED) is 0.636. The van der Waals surface area contributed by atoms with Gasteiger partial charge in [0.15, 0.2) is 5.82 Å². The summed E-state index contributed by atoms with van der Waals surface area (Å²) in [6, 6.07) is 0. The Kier molecular flexibility index (Phi) is 3.63. The van der Waals surface area contributed by atoms with E-state index in [0.29, 0.717) is 24.0 Å². The summed E-state index contributed by atoms with van der Waals surface area (Å²) in [5, 5.41) is 0.0409. The molecule has 2 saturated carbocycles. The molecule has 108 valence electrons. The summed E-state index contributed by atoms with van der Waals surface area (Å²) >= 11 is 5.73. The van der Waals surface area contributed by atoms with Crippen LogP contribution < -0.4 is 0 Å². The first kappa shape index (κ1) is 13.7. The molecule has 1 aromatic heterocycles. The molecule has 20 heavy (non-hydrogen) atoms. The van der Waals surface area contributed by atoms with Gasteiger partial charge in [0.1, 0.15) is 0 Å². The molecular formula is C14H16ClFN2O2. The second-order valence-electron chi connectivity index (χ2n) is 5.68. The Balaban J connectivity index is 1.85. The molecule has 4 atom stereocenters. The fourth-order valence-electron chi connectivity index (χ4n) is 3.95. The highest BCUT2D eigenvalue weighted by molar-refractivity contribution is 6.28. The van der Waals surface area contributed by atoms with Crippen molar-refractivity contribution in [2.24, 2.45) is 23.7 Å². The zero-order valence-electron chi connectivity index (χ0n) is 11.2. The summed E-state index contributed by atoms with van der Waals surface area (Å²) < 4.78 is 18.7. The van der Waals surface area contributed by atoms with Gasteiger partial charge >= 0.3 is 5.97 Å². The molecule has 2 aliphatic rings. The number of halogens is 2. The molecule has 0 unspecified atom stereocenters. The van der Waals surface area contributed by atoms with Crippen molar-refractivity contribution in [3.63, 3.8) is 0 Å². The number of hydrogen-bond donors (Lipinski definition) is 0. The van der Waals surface area contributed by atoms with Gasteiger partial charge in [0.05, 0.1) is 24.9 Å². The molecule has 4 nitrogen and oxygen atoms in total. The van der Waals surface area contributed by atoms with Gasteiger partial charge in [-0.3, -0.25) is 4.79 Å². The minimum absolute atomic E-state index is 0.0409. The van der Waals surface area contributed by atoms with Gasteiger partial charge in [-0.05, 0) is 55.0 Å². The Morgan fingerprint density at radius 2 is 2.25 bits per heavy atom. The van der Waals surface area contributed by atoms with Crippen LogP contribution in [0.1, 0.15) is 25.0 Å². The van der Waals surface area contributed by atoms with Crippen LogP contribution in [0.4, 0.5) is 4.39 Å². The van der Waals surface area contributed by atoms with Crippen LogP contribution in [0.3, 0.4) is 0 Å². The molecule has 1 aromatic rings. The van der Waals surface area contributed by atoms with Crippen molar-refractivity contribution in [3.8, 4) is 0 Å². The van der Waals surface area contributed by atoms with Gasteiger partial charge in [-0.1, -0.05) is 0 Å². The van der Waals surface area contributed by atoms with Crippen molar-refractivity contribution >= 4 is 17.6 Å². The first-order chi connectivity index (χ1) is 9.60. The van der Waals surface area contributed by atoms with Crippen LogP contribution in [-0.4, -0.2) is 23.0 Å². The maximum atomic E-state index is 13.8. The molecule has 1 heterocycles. The van der Waals surface area contributed by atoms with Crippen LogP contribution in [-0.2, 0) is 16.0 Å². The molecule has 0 radical (unpaired) electrons. The van der Waals surface area contributed by atoms with E-state index in [-0.39, 0.29) is 23.1 Å². The van der Waals surface area contributed by atoms with Crippen LogP contribution in [0.25, 0.3) is 0 Å². The molecule has 2 bridgehead atoms. The SMILES string of the molecule is COC(=O)[C@H]1[C@@H]2CC[C@@H](C2)[C@@H]1Cc1nc(Cl)ncc1F. The fraction of sp³-hybridized carbons (Fsp3) is 0.643. The molecule has 0 saturated heterocycles. The van der Waals surface area contributed by atoms with Crippen molar-refractivity contribution in [2.45, 2.75) is 25.7 Å². The molecule has 0 aliphatic heterocycles. The molecule has 6 heteroatoms. The van der Waals surface area contributed by atoms with Gasteiger partial charge in [0.2, 0.25) is 5.28 Å². The molecule has 2 fully saturated rings. The smallest absolute Gasteiger partial charge is 0.309 e. The number of esters is 1.